The molecule has 0 aliphatic carbocycles. The van der Waals surface area contributed by atoms with E-state index in [1.54, 1.807) is 0 Å². The van der Waals surface area contributed by atoms with Crippen LogP contribution in [-0.4, -0.2) is 35.1 Å². The molecule has 3 nitrogen and oxygen atoms in total. The Morgan fingerprint density at radius 2 is 2.06 bits per heavy atom. The lowest BCUT2D eigenvalue weighted by Crippen LogP contribution is -2.45. The lowest BCUT2D eigenvalue weighted by Gasteiger charge is -2.32. The monoisotopic (exact) mass is 267 g/mol. The maximum Gasteiger partial charge on any atom is 0.321 e. The maximum atomic E-state index is 11.4. The second kappa shape index (κ2) is 6.21. The predicted molar refractivity (Wildman–Crippen MR) is 72.0 cm³/mol. The van der Waals surface area contributed by atoms with Crippen molar-refractivity contribution >= 4 is 17.6 Å². The fourth-order valence-corrected chi connectivity index (χ4v) is 2.70. The van der Waals surface area contributed by atoms with Crippen LogP contribution in [0.15, 0.2) is 24.3 Å². The number of carbonyl (C=O) groups is 1. The van der Waals surface area contributed by atoms with Crippen LogP contribution in [0, 0.1) is 0 Å². The standard InChI is InChI=1S/C14H18ClNO2/c15-12-6-4-5-11(9-12)10-13(14(17)18)16-7-2-1-3-8-16/h4-6,9,13H,1-3,7-8,10H2,(H,17,18)/t13-/m0/s1. The highest BCUT2D eigenvalue weighted by Gasteiger charge is 2.26. The number of hydrogen-bond donors (Lipinski definition) is 1. The van der Waals surface area contributed by atoms with Crippen LogP contribution in [-0.2, 0) is 11.2 Å². The van der Waals surface area contributed by atoms with Gasteiger partial charge in [-0.2, -0.15) is 0 Å². The topological polar surface area (TPSA) is 40.5 Å². The fraction of sp³-hybridized carbons (Fsp3) is 0.500. The minimum atomic E-state index is -0.739. The number of aliphatic carboxylic acids is 1. The summed E-state index contributed by atoms with van der Waals surface area (Å²) in [4.78, 5) is 13.5. The Kier molecular flexibility index (Phi) is 4.61. The number of carboxylic acid groups (broad SMARTS) is 1. The molecule has 18 heavy (non-hydrogen) atoms. The van der Waals surface area contributed by atoms with Crippen molar-refractivity contribution in [1.29, 1.82) is 0 Å². The van der Waals surface area contributed by atoms with Gasteiger partial charge in [-0.05, 0) is 50.0 Å². The van der Waals surface area contributed by atoms with Crippen molar-refractivity contribution in [1.82, 2.24) is 4.90 Å². The highest BCUT2D eigenvalue weighted by Crippen LogP contribution is 2.18. The molecular weight excluding hydrogens is 250 g/mol. The first-order valence-corrected chi connectivity index (χ1v) is 6.76. The molecule has 1 fully saturated rings. The molecular formula is C14H18ClNO2. The maximum absolute atomic E-state index is 11.4. The van der Waals surface area contributed by atoms with Gasteiger partial charge in [0.15, 0.2) is 0 Å². The van der Waals surface area contributed by atoms with E-state index >= 15 is 0 Å². The van der Waals surface area contributed by atoms with Crippen molar-refractivity contribution in [3.8, 4) is 0 Å². The molecule has 1 atom stereocenters. The third-order valence-electron chi connectivity index (χ3n) is 3.43. The smallest absolute Gasteiger partial charge is 0.321 e. The Hall–Kier alpha value is -1.06. The molecule has 0 radical (unpaired) electrons. The molecule has 0 aromatic heterocycles. The van der Waals surface area contributed by atoms with Crippen molar-refractivity contribution < 1.29 is 9.90 Å². The third-order valence-corrected chi connectivity index (χ3v) is 3.67. The van der Waals surface area contributed by atoms with Crippen LogP contribution in [0.5, 0.6) is 0 Å². The average Bonchev–Trinajstić information content (AvgIpc) is 2.37. The lowest BCUT2D eigenvalue weighted by atomic mass is 10.0. The van der Waals surface area contributed by atoms with Gasteiger partial charge in [-0.1, -0.05) is 30.2 Å². The Balaban J connectivity index is 2.08. The number of carboxylic acids is 1. The van der Waals surface area contributed by atoms with E-state index in [-0.39, 0.29) is 0 Å². The van der Waals surface area contributed by atoms with Crippen molar-refractivity contribution in [3.63, 3.8) is 0 Å². The molecule has 4 heteroatoms. The number of hydrogen-bond acceptors (Lipinski definition) is 2. The second-order valence-corrected chi connectivity index (χ2v) is 5.22. The molecule has 0 amide bonds. The van der Waals surface area contributed by atoms with Crippen LogP contribution in [0.2, 0.25) is 5.02 Å². The number of rotatable bonds is 4. The molecule has 1 aromatic carbocycles. The summed E-state index contributed by atoms with van der Waals surface area (Å²) in [5, 5.41) is 10.0. The zero-order valence-corrected chi connectivity index (χ0v) is 11.1. The summed E-state index contributed by atoms with van der Waals surface area (Å²) in [7, 11) is 0. The van der Waals surface area contributed by atoms with Crippen LogP contribution < -0.4 is 0 Å². The Bertz CT molecular complexity index is 416. The number of benzene rings is 1. The minimum absolute atomic E-state index is 0.427. The van der Waals surface area contributed by atoms with Gasteiger partial charge in [0.2, 0.25) is 0 Å². The van der Waals surface area contributed by atoms with E-state index in [2.05, 4.69) is 4.90 Å². The third kappa shape index (κ3) is 3.47. The molecule has 1 heterocycles. The number of likely N-dealkylation sites (tertiary alicyclic amines) is 1. The molecule has 0 spiro atoms. The van der Waals surface area contributed by atoms with Crippen LogP contribution in [0.1, 0.15) is 24.8 Å². The molecule has 1 aliphatic heterocycles. The summed E-state index contributed by atoms with van der Waals surface area (Å²) in [6, 6.07) is 7.03. The zero-order valence-electron chi connectivity index (χ0n) is 10.3. The minimum Gasteiger partial charge on any atom is -0.480 e. The van der Waals surface area contributed by atoms with Crippen molar-refractivity contribution in [2.45, 2.75) is 31.7 Å². The summed E-state index contributed by atoms with van der Waals surface area (Å²) >= 11 is 5.93. The van der Waals surface area contributed by atoms with Crippen LogP contribution >= 0.6 is 11.6 Å². The first-order valence-electron chi connectivity index (χ1n) is 6.38. The normalized spacial score (nSPS) is 18.5. The SMILES string of the molecule is O=C(O)[C@H](Cc1cccc(Cl)c1)N1CCCCC1. The van der Waals surface area contributed by atoms with Crippen LogP contribution in [0.25, 0.3) is 0 Å². The highest BCUT2D eigenvalue weighted by atomic mass is 35.5. The molecule has 98 valence electrons. The largest absolute Gasteiger partial charge is 0.480 e. The van der Waals surface area contributed by atoms with Crippen LogP contribution in [0.3, 0.4) is 0 Å². The zero-order chi connectivity index (χ0) is 13.0. The molecule has 0 saturated carbocycles. The predicted octanol–water partition coefficient (Wildman–Crippen LogP) is 2.82. The highest BCUT2D eigenvalue weighted by molar-refractivity contribution is 6.30. The lowest BCUT2D eigenvalue weighted by molar-refractivity contribution is -0.143. The molecule has 1 saturated heterocycles. The molecule has 0 unspecified atom stereocenters. The van der Waals surface area contributed by atoms with Crippen LogP contribution in [0.4, 0.5) is 0 Å². The summed E-state index contributed by atoms with van der Waals surface area (Å²) < 4.78 is 0. The van der Waals surface area contributed by atoms with Gasteiger partial charge in [0, 0.05) is 5.02 Å². The number of piperidine rings is 1. The van der Waals surface area contributed by atoms with Gasteiger partial charge in [-0.25, -0.2) is 0 Å². The molecule has 2 rings (SSSR count). The van der Waals surface area contributed by atoms with Crippen molar-refractivity contribution in [2.24, 2.45) is 0 Å². The van der Waals surface area contributed by atoms with E-state index in [0.29, 0.717) is 11.4 Å². The van der Waals surface area contributed by atoms with E-state index in [9.17, 15) is 9.90 Å². The van der Waals surface area contributed by atoms with Gasteiger partial charge in [-0.3, -0.25) is 9.69 Å². The van der Waals surface area contributed by atoms with E-state index in [1.165, 1.54) is 6.42 Å². The fourth-order valence-electron chi connectivity index (χ4n) is 2.49. The quantitative estimate of drug-likeness (QED) is 0.912. The van der Waals surface area contributed by atoms with Gasteiger partial charge >= 0.3 is 5.97 Å². The number of halogens is 1. The average molecular weight is 268 g/mol. The Labute approximate surface area is 112 Å². The molecule has 1 N–H and O–H groups in total. The van der Waals surface area contributed by atoms with Gasteiger partial charge < -0.3 is 5.11 Å². The van der Waals surface area contributed by atoms with Gasteiger partial charge in [0.1, 0.15) is 6.04 Å². The van der Waals surface area contributed by atoms with Crippen molar-refractivity contribution in [3.05, 3.63) is 34.9 Å². The van der Waals surface area contributed by atoms with Gasteiger partial charge in [-0.15, -0.1) is 0 Å². The molecule has 1 aliphatic rings. The summed E-state index contributed by atoms with van der Waals surface area (Å²) in [5.41, 5.74) is 0.987. The summed E-state index contributed by atoms with van der Waals surface area (Å²) in [6.07, 6.45) is 3.93. The molecule has 0 bridgehead atoms. The van der Waals surface area contributed by atoms with E-state index < -0.39 is 12.0 Å². The first kappa shape index (κ1) is 13.4. The summed E-state index contributed by atoms with van der Waals surface area (Å²) in [6.45, 7) is 1.77. The van der Waals surface area contributed by atoms with Crippen molar-refractivity contribution in [2.75, 3.05) is 13.1 Å². The Morgan fingerprint density at radius 1 is 1.33 bits per heavy atom. The first-order chi connectivity index (χ1) is 8.66. The molecule has 1 aromatic rings. The van der Waals surface area contributed by atoms with Gasteiger partial charge in [0.25, 0.3) is 0 Å². The van der Waals surface area contributed by atoms with E-state index in [4.69, 9.17) is 11.6 Å². The second-order valence-electron chi connectivity index (χ2n) is 4.78. The number of nitrogens with zero attached hydrogens (tertiary/aromatic N) is 1. The van der Waals surface area contributed by atoms with Gasteiger partial charge in [0.05, 0.1) is 0 Å². The Morgan fingerprint density at radius 3 is 2.67 bits per heavy atom. The summed E-state index contributed by atoms with van der Waals surface area (Å²) in [5.74, 6) is -0.739. The van der Waals surface area contributed by atoms with E-state index in [0.717, 1.165) is 31.5 Å². The van der Waals surface area contributed by atoms with E-state index in [1.807, 2.05) is 24.3 Å².